The highest BCUT2D eigenvalue weighted by molar-refractivity contribution is 8.00. The SMILES string of the molecule is CN=C(NCCn1cc(C)cn1)N1CCSC2(CCCCC2)C1. The first-order valence-corrected chi connectivity index (χ1v) is 9.78. The van der Waals surface area contributed by atoms with Crippen molar-refractivity contribution in [3.63, 3.8) is 0 Å². The molecule has 0 amide bonds. The molecule has 1 spiro atoms. The second kappa shape index (κ2) is 7.60. The average molecular weight is 336 g/mol. The third kappa shape index (κ3) is 4.22. The number of nitrogens with one attached hydrogen (secondary N) is 1. The smallest absolute Gasteiger partial charge is 0.193 e. The van der Waals surface area contributed by atoms with Gasteiger partial charge in [0.05, 0.1) is 12.7 Å². The Bertz CT molecular complexity index is 527. The molecular formula is C17H29N5S. The molecule has 1 aliphatic carbocycles. The van der Waals surface area contributed by atoms with Crippen LogP contribution in [0.5, 0.6) is 0 Å². The molecule has 0 radical (unpaired) electrons. The minimum Gasteiger partial charge on any atom is -0.354 e. The van der Waals surface area contributed by atoms with E-state index in [9.17, 15) is 0 Å². The van der Waals surface area contributed by atoms with Gasteiger partial charge in [-0.1, -0.05) is 19.3 Å². The number of nitrogens with zero attached hydrogens (tertiary/aromatic N) is 4. The Labute approximate surface area is 143 Å². The van der Waals surface area contributed by atoms with Crippen LogP contribution in [0.4, 0.5) is 0 Å². The van der Waals surface area contributed by atoms with Crippen molar-refractivity contribution in [2.24, 2.45) is 4.99 Å². The van der Waals surface area contributed by atoms with Gasteiger partial charge < -0.3 is 10.2 Å². The van der Waals surface area contributed by atoms with Crippen LogP contribution in [0, 0.1) is 6.92 Å². The third-order valence-corrected chi connectivity index (χ3v) is 6.45. The standard InChI is InChI=1S/C17H29N5S/c1-15-12-20-22(13-15)9-8-19-16(18-2)21-10-11-23-17(14-21)6-4-3-5-7-17/h12-13H,3-11,14H2,1-2H3,(H,18,19). The summed E-state index contributed by atoms with van der Waals surface area (Å²) in [5.74, 6) is 2.28. The molecule has 23 heavy (non-hydrogen) atoms. The van der Waals surface area contributed by atoms with E-state index in [2.05, 4.69) is 45.2 Å². The Balaban J connectivity index is 1.53. The zero-order valence-electron chi connectivity index (χ0n) is 14.4. The minimum absolute atomic E-state index is 0.479. The molecule has 0 atom stereocenters. The molecule has 1 aromatic rings. The molecule has 3 rings (SSSR count). The van der Waals surface area contributed by atoms with Crippen molar-refractivity contribution in [2.75, 3.05) is 32.4 Å². The fraction of sp³-hybridized carbons (Fsp3) is 0.765. The molecule has 2 fully saturated rings. The van der Waals surface area contributed by atoms with E-state index in [1.807, 2.05) is 17.9 Å². The van der Waals surface area contributed by atoms with Crippen molar-refractivity contribution >= 4 is 17.7 Å². The van der Waals surface area contributed by atoms with Gasteiger partial charge >= 0.3 is 0 Å². The summed E-state index contributed by atoms with van der Waals surface area (Å²) in [6.07, 6.45) is 10.9. The monoisotopic (exact) mass is 335 g/mol. The first-order valence-electron chi connectivity index (χ1n) is 8.79. The maximum Gasteiger partial charge on any atom is 0.193 e. The van der Waals surface area contributed by atoms with Crippen LogP contribution in [-0.4, -0.2) is 57.8 Å². The topological polar surface area (TPSA) is 45.5 Å². The Hall–Kier alpha value is -1.17. The zero-order valence-corrected chi connectivity index (χ0v) is 15.2. The first-order chi connectivity index (χ1) is 11.2. The molecule has 2 aliphatic rings. The maximum absolute atomic E-state index is 4.52. The molecular weight excluding hydrogens is 306 g/mol. The number of guanidine groups is 1. The van der Waals surface area contributed by atoms with E-state index in [-0.39, 0.29) is 0 Å². The quantitative estimate of drug-likeness (QED) is 0.681. The highest BCUT2D eigenvalue weighted by atomic mass is 32.2. The van der Waals surface area contributed by atoms with E-state index in [1.54, 1.807) is 0 Å². The second-order valence-electron chi connectivity index (χ2n) is 6.77. The van der Waals surface area contributed by atoms with Crippen molar-refractivity contribution in [1.29, 1.82) is 0 Å². The lowest BCUT2D eigenvalue weighted by molar-refractivity contribution is 0.293. The van der Waals surface area contributed by atoms with Gasteiger partial charge in [-0.3, -0.25) is 9.67 Å². The molecule has 2 heterocycles. The lowest BCUT2D eigenvalue weighted by atomic mass is 9.87. The van der Waals surface area contributed by atoms with Crippen LogP contribution >= 0.6 is 11.8 Å². The predicted molar refractivity (Wildman–Crippen MR) is 98.2 cm³/mol. The van der Waals surface area contributed by atoms with Crippen molar-refractivity contribution in [1.82, 2.24) is 20.0 Å². The second-order valence-corrected chi connectivity index (χ2v) is 8.33. The molecule has 0 aromatic carbocycles. The Kier molecular flexibility index (Phi) is 5.51. The Morgan fingerprint density at radius 1 is 1.39 bits per heavy atom. The molecule has 0 bridgehead atoms. The van der Waals surface area contributed by atoms with Crippen LogP contribution in [0.1, 0.15) is 37.7 Å². The van der Waals surface area contributed by atoms with Gasteiger partial charge in [0, 0.05) is 43.4 Å². The van der Waals surface area contributed by atoms with Gasteiger partial charge in [-0.05, 0) is 25.3 Å². The van der Waals surface area contributed by atoms with Gasteiger partial charge in [-0.15, -0.1) is 0 Å². The molecule has 0 unspecified atom stereocenters. The van der Waals surface area contributed by atoms with E-state index >= 15 is 0 Å². The molecule has 128 valence electrons. The summed E-state index contributed by atoms with van der Waals surface area (Å²) in [5.41, 5.74) is 1.21. The lowest BCUT2D eigenvalue weighted by Gasteiger charge is -2.45. The normalized spacial score (nSPS) is 21.7. The first kappa shape index (κ1) is 16.7. The van der Waals surface area contributed by atoms with Gasteiger partial charge in [-0.25, -0.2) is 0 Å². The third-order valence-electron chi connectivity index (χ3n) is 4.91. The number of hydrogen-bond donors (Lipinski definition) is 1. The van der Waals surface area contributed by atoms with Crippen molar-refractivity contribution in [3.05, 3.63) is 18.0 Å². The van der Waals surface area contributed by atoms with E-state index < -0.39 is 0 Å². The van der Waals surface area contributed by atoms with E-state index in [4.69, 9.17) is 0 Å². The Morgan fingerprint density at radius 3 is 2.91 bits per heavy atom. The molecule has 1 N–H and O–H groups in total. The molecule has 6 heteroatoms. The van der Waals surface area contributed by atoms with Gasteiger partial charge in [0.2, 0.25) is 0 Å². The maximum atomic E-state index is 4.52. The fourth-order valence-electron chi connectivity index (χ4n) is 3.73. The lowest BCUT2D eigenvalue weighted by Crippen LogP contribution is -2.53. The van der Waals surface area contributed by atoms with E-state index in [0.29, 0.717) is 4.75 Å². The van der Waals surface area contributed by atoms with E-state index in [1.165, 1.54) is 43.4 Å². The van der Waals surface area contributed by atoms with E-state index in [0.717, 1.165) is 32.1 Å². The summed E-state index contributed by atoms with van der Waals surface area (Å²) < 4.78 is 2.47. The minimum atomic E-state index is 0.479. The predicted octanol–water partition coefficient (Wildman–Crippen LogP) is 2.52. The molecule has 1 saturated carbocycles. The summed E-state index contributed by atoms with van der Waals surface area (Å²) in [7, 11) is 1.90. The van der Waals surface area contributed by atoms with Crippen molar-refractivity contribution in [2.45, 2.75) is 50.3 Å². The summed E-state index contributed by atoms with van der Waals surface area (Å²) >= 11 is 2.20. The largest absolute Gasteiger partial charge is 0.354 e. The van der Waals surface area contributed by atoms with Crippen LogP contribution in [0.25, 0.3) is 0 Å². The average Bonchev–Trinajstić information content (AvgIpc) is 2.98. The van der Waals surface area contributed by atoms with Gasteiger partial charge in [0.25, 0.3) is 0 Å². The number of aromatic nitrogens is 2. The highest BCUT2D eigenvalue weighted by Gasteiger charge is 2.38. The van der Waals surface area contributed by atoms with Crippen LogP contribution < -0.4 is 5.32 Å². The Morgan fingerprint density at radius 2 is 2.22 bits per heavy atom. The number of hydrogen-bond acceptors (Lipinski definition) is 3. The van der Waals surface area contributed by atoms with Gasteiger partial charge in [0.1, 0.15) is 0 Å². The molecule has 1 aliphatic heterocycles. The fourth-order valence-corrected chi connectivity index (χ4v) is 5.30. The summed E-state index contributed by atoms with van der Waals surface area (Å²) in [6.45, 7) is 6.07. The summed E-state index contributed by atoms with van der Waals surface area (Å²) in [5, 5.41) is 7.86. The van der Waals surface area contributed by atoms with Crippen molar-refractivity contribution < 1.29 is 0 Å². The molecule has 5 nitrogen and oxygen atoms in total. The number of aryl methyl sites for hydroxylation is 1. The summed E-state index contributed by atoms with van der Waals surface area (Å²) in [4.78, 5) is 6.99. The van der Waals surface area contributed by atoms with Crippen molar-refractivity contribution in [3.8, 4) is 0 Å². The van der Waals surface area contributed by atoms with Crippen LogP contribution in [0.2, 0.25) is 0 Å². The molecule has 1 saturated heterocycles. The van der Waals surface area contributed by atoms with Crippen LogP contribution in [0.15, 0.2) is 17.4 Å². The zero-order chi connectivity index (χ0) is 16.1. The molecule has 1 aromatic heterocycles. The number of thioether (sulfide) groups is 1. The summed E-state index contributed by atoms with van der Waals surface area (Å²) in [6, 6.07) is 0. The highest BCUT2D eigenvalue weighted by Crippen LogP contribution is 2.42. The number of aliphatic imine (C=N–C) groups is 1. The van der Waals surface area contributed by atoms with Crippen LogP contribution in [0.3, 0.4) is 0 Å². The van der Waals surface area contributed by atoms with Gasteiger partial charge in [0.15, 0.2) is 5.96 Å². The van der Waals surface area contributed by atoms with Crippen LogP contribution in [-0.2, 0) is 6.54 Å². The number of rotatable bonds is 3. The van der Waals surface area contributed by atoms with Gasteiger partial charge in [-0.2, -0.15) is 16.9 Å².